The zero-order valence-corrected chi connectivity index (χ0v) is 35.9. The Kier molecular flexibility index (Phi) is 10.0. The van der Waals surface area contributed by atoms with Crippen LogP contribution in [-0.2, 0) is 19.7 Å². The predicted octanol–water partition coefficient (Wildman–Crippen LogP) is 8.93. The van der Waals surface area contributed by atoms with Gasteiger partial charge in [-0.1, -0.05) is 60.7 Å². The van der Waals surface area contributed by atoms with Gasteiger partial charge in [-0.2, -0.15) is 0 Å². The second-order valence-corrected chi connectivity index (χ2v) is 19.1. The molecule has 0 amide bonds. The van der Waals surface area contributed by atoms with Crippen LogP contribution in [0.25, 0.3) is 55.8 Å². The minimum atomic E-state index is -3.49. The van der Waals surface area contributed by atoms with Crippen LogP contribution in [0.1, 0.15) is 0 Å². The van der Waals surface area contributed by atoms with Crippen molar-refractivity contribution in [2.75, 3.05) is 22.5 Å². The molecule has 16 heteroatoms. The number of sulfone groups is 2. The Bertz CT molecular complexity index is 3330. The highest BCUT2D eigenvalue weighted by Crippen LogP contribution is 2.37. The summed E-state index contributed by atoms with van der Waals surface area (Å²) in [4.78, 5) is 18.9. The minimum Gasteiger partial charge on any atom is -0.264 e. The summed E-state index contributed by atoms with van der Waals surface area (Å²) < 4.78 is 53.9. The van der Waals surface area contributed by atoms with Gasteiger partial charge in [0.15, 0.2) is 19.7 Å². The summed E-state index contributed by atoms with van der Waals surface area (Å²) >= 11 is 0. The lowest BCUT2D eigenvalue weighted by Gasteiger charge is -2.34. The summed E-state index contributed by atoms with van der Waals surface area (Å²) in [7, 11) is -6.99. The van der Waals surface area contributed by atoms with Crippen LogP contribution in [0.4, 0.5) is 23.3 Å². The Morgan fingerprint density at radius 1 is 0.422 bits per heavy atom. The molecule has 0 saturated carbocycles. The van der Waals surface area contributed by atoms with Crippen molar-refractivity contribution in [1.82, 2.24) is 39.2 Å². The van der Waals surface area contributed by atoms with E-state index in [0.717, 1.165) is 22.3 Å². The van der Waals surface area contributed by atoms with E-state index in [1.165, 1.54) is 12.5 Å². The molecule has 0 N–H and O–H groups in total. The number of fused-ring (bicyclic) bond motifs is 2. The van der Waals surface area contributed by atoms with Crippen LogP contribution in [0.3, 0.4) is 0 Å². The summed E-state index contributed by atoms with van der Waals surface area (Å²) in [6.07, 6.45) is 12.8. The van der Waals surface area contributed by atoms with Crippen LogP contribution in [0, 0.1) is 0 Å². The van der Waals surface area contributed by atoms with Gasteiger partial charge in [0.05, 0.1) is 56.0 Å². The number of aromatic nitrogens is 8. The molecule has 0 bridgehead atoms. The van der Waals surface area contributed by atoms with Gasteiger partial charge in [0.25, 0.3) is 11.9 Å². The number of benzene rings is 4. The summed E-state index contributed by atoms with van der Waals surface area (Å²) in [6.45, 7) is 0. The average Bonchev–Trinajstić information content (AvgIpc) is 3.95. The molecule has 0 aliphatic rings. The Labute approximate surface area is 368 Å². The average molecular weight is 881 g/mol. The second kappa shape index (κ2) is 16.0. The molecule has 0 atom stereocenters. The standard InChI is InChI=1S/C48H36N10O4S2/c1-63(59,60)43-11-3-7-35(27-43)45-23-21-41-31-51-47(53-55(41)45)57(39-17-13-33(14-18-39)37-9-5-25-49-29-37)58(40-19-15-34(16-20-40)38-10-6-26-50-30-38)48-52-32-42-22-24-46(56(42)54-48)36-8-4-12-44(28-36)64(2,61)62/h3-32H,1-2H3. The number of hydrogen-bond donors (Lipinski definition) is 0. The van der Waals surface area contributed by atoms with Crippen molar-refractivity contribution in [2.45, 2.75) is 9.79 Å². The van der Waals surface area contributed by atoms with Crippen LogP contribution in [0.2, 0.25) is 0 Å². The summed E-state index contributed by atoms with van der Waals surface area (Å²) in [5.41, 5.74) is 8.97. The van der Waals surface area contributed by atoms with E-state index in [4.69, 9.17) is 20.2 Å². The Morgan fingerprint density at radius 2 is 0.828 bits per heavy atom. The Morgan fingerprint density at radius 3 is 1.20 bits per heavy atom. The third kappa shape index (κ3) is 7.71. The fraction of sp³-hybridized carbons (Fsp3) is 0.0417. The second-order valence-electron chi connectivity index (χ2n) is 15.0. The first kappa shape index (κ1) is 40.0. The van der Waals surface area contributed by atoms with E-state index in [1.54, 1.807) is 82.6 Å². The van der Waals surface area contributed by atoms with Gasteiger partial charge >= 0.3 is 0 Å². The van der Waals surface area contributed by atoms with Crippen LogP contribution >= 0.6 is 0 Å². The monoisotopic (exact) mass is 880 g/mol. The third-order valence-electron chi connectivity index (χ3n) is 10.7. The van der Waals surface area contributed by atoms with E-state index in [9.17, 15) is 16.8 Å². The molecule has 6 heterocycles. The van der Waals surface area contributed by atoms with Crippen molar-refractivity contribution in [1.29, 1.82) is 0 Å². The molecular formula is C48H36N10O4S2. The SMILES string of the molecule is CS(=O)(=O)c1cccc(-c2ccc3cnc(N(c4ccc(-c5cccnc5)cc4)N(c4ccc(-c5cccnc5)cc4)c4ncc5ccc(-c6cccc(S(C)(=O)=O)c6)n5n4)nn23)c1. The molecule has 0 unspecified atom stereocenters. The normalized spacial score (nSPS) is 11.8. The summed E-state index contributed by atoms with van der Waals surface area (Å²) in [5.74, 6) is 0.457. The minimum absolute atomic E-state index is 0.186. The van der Waals surface area contributed by atoms with E-state index in [0.29, 0.717) is 44.9 Å². The quantitative estimate of drug-likeness (QED) is 0.114. The van der Waals surface area contributed by atoms with Gasteiger partial charge in [-0.25, -0.2) is 45.9 Å². The highest BCUT2D eigenvalue weighted by molar-refractivity contribution is 7.91. The summed E-state index contributed by atoms with van der Waals surface area (Å²) in [5, 5.41) is 13.9. The number of anilines is 4. The maximum absolute atomic E-state index is 12.6. The smallest absolute Gasteiger partial charge is 0.264 e. The van der Waals surface area contributed by atoms with Crippen LogP contribution in [-0.4, -0.2) is 68.5 Å². The highest BCUT2D eigenvalue weighted by atomic mass is 32.2. The van der Waals surface area contributed by atoms with Crippen molar-refractivity contribution in [3.05, 3.63) is 183 Å². The molecule has 10 aromatic rings. The molecule has 0 spiro atoms. The van der Waals surface area contributed by atoms with Gasteiger partial charge in [0.2, 0.25) is 0 Å². The molecule has 64 heavy (non-hydrogen) atoms. The van der Waals surface area contributed by atoms with Crippen molar-refractivity contribution >= 4 is 54.0 Å². The van der Waals surface area contributed by atoms with E-state index in [1.807, 2.05) is 119 Å². The maximum atomic E-state index is 12.6. The van der Waals surface area contributed by atoms with Crippen molar-refractivity contribution < 1.29 is 16.8 Å². The zero-order valence-electron chi connectivity index (χ0n) is 34.2. The van der Waals surface area contributed by atoms with E-state index < -0.39 is 19.7 Å². The van der Waals surface area contributed by atoms with E-state index in [2.05, 4.69) is 9.97 Å². The number of hydrogen-bond acceptors (Lipinski definition) is 12. The molecule has 0 fully saturated rings. The van der Waals surface area contributed by atoms with Gasteiger partial charge in [-0.05, 0) is 107 Å². The Hall–Kier alpha value is -8.08. The number of rotatable bonds is 11. The molecule has 10 rings (SSSR count). The lowest BCUT2D eigenvalue weighted by molar-refractivity contribution is 0.600. The third-order valence-corrected chi connectivity index (χ3v) is 12.9. The first-order valence-electron chi connectivity index (χ1n) is 19.9. The molecule has 0 aliphatic heterocycles. The topological polar surface area (TPSA) is 161 Å². The van der Waals surface area contributed by atoms with Gasteiger partial charge in [0.1, 0.15) is 0 Å². The maximum Gasteiger partial charge on any atom is 0.267 e. The molecule has 14 nitrogen and oxygen atoms in total. The van der Waals surface area contributed by atoms with Gasteiger partial charge < -0.3 is 0 Å². The van der Waals surface area contributed by atoms with E-state index >= 15 is 0 Å². The van der Waals surface area contributed by atoms with Crippen LogP contribution in [0.15, 0.2) is 193 Å². The Balaban J connectivity index is 1.20. The fourth-order valence-corrected chi connectivity index (χ4v) is 8.82. The van der Waals surface area contributed by atoms with Gasteiger partial charge in [-0.15, -0.1) is 10.2 Å². The zero-order chi connectivity index (χ0) is 44.0. The molecule has 0 radical (unpaired) electrons. The summed E-state index contributed by atoms with van der Waals surface area (Å²) in [6, 6.07) is 44.5. The highest BCUT2D eigenvalue weighted by Gasteiger charge is 2.28. The predicted molar refractivity (Wildman–Crippen MR) is 247 cm³/mol. The van der Waals surface area contributed by atoms with Crippen molar-refractivity contribution in [3.8, 4) is 44.8 Å². The molecule has 0 aliphatic carbocycles. The van der Waals surface area contributed by atoms with E-state index in [-0.39, 0.29) is 21.7 Å². The van der Waals surface area contributed by atoms with Gasteiger partial charge in [-0.3, -0.25) is 9.97 Å². The molecule has 6 aromatic heterocycles. The van der Waals surface area contributed by atoms with Crippen molar-refractivity contribution in [3.63, 3.8) is 0 Å². The molecule has 0 saturated heterocycles. The van der Waals surface area contributed by atoms with Gasteiger partial charge in [0, 0.05) is 48.4 Å². The largest absolute Gasteiger partial charge is 0.267 e. The lowest BCUT2D eigenvalue weighted by Crippen LogP contribution is -2.38. The molecule has 4 aromatic carbocycles. The lowest BCUT2D eigenvalue weighted by atomic mass is 10.1. The van der Waals surface area contributed by atoms with Crippen LogP contribution in [0.5, 0.6) is 0 Å². The first-order valence-corrected chi connectivity index (χ1v) is 23.7. The molecular weight excluding hydrogens is 845 g/mol. The number of nitrogens with zero attached hydrogens (tertiary/aromatic N) is 10. The van der Waals surface area contributed by atoms with Crippen molar-refractivity contribution in [2.24, 2.45) is 0 Å². The van der Waals surface area contributed by atoms with Crippen LogP contribution < -0.4 is 10.0 Å². The molecule has 314 valence electrons. The number of pyridine rings is 2. The number of hydrazine groups is 1. The first-order chi connectivity index (χ1) is 31.0. The fourth-order valence-electron chi connectivity index (χ4n) is 7.49.